The lowest BCUT2D eigenvalue weighted by atomic mass is 10.2. The highest BCUT2D eigenvalue weighted by Crippen LogP contribution is 2.25. The van der Waals surface area contributed by atoms with E-state index in [-0.39, 0.29) is 28.4 Å². The van der Waals surface area contributed by atoms with Crippen LogP contribution in [0.5, 0.6) is 5.75 Å². The second-order valence-electron chi connectivity index (χ2n) is 6.10. The van der Waals surface area contributed by atoms with Crippen molar-refractivity contribution in [3.8, 4) is 17.5 Å². The summed E-state index contributed by atoms with van der Waals surface area (Å²) >= 11 is 0. The van der Waals surface area contributed by atoms with E-state index in [1.165, 1.54) is 47.3 Å². The SMILES string of the molecule is N#Cc1cc(NC(=O)c2ccn(-c3cccc([N+](=O)[O-])c3)n2)ccc1OCC(F)(F)F. The number of alkyl halides is 3. The number of nitro groups is 1. The molecule has 0 bridgehead atoms. The van der Waals surface area contributed by atoms with Crippen LogP contribution in [0.1, 0.15) is 16.1 Å². The lowest BCUT2D eigenvalue weighted by Crippen LogP contribution is -2.19. The van der Waals surface area contributed by atoms with Gasteiger partial charge in [0, 0.05) is 24.0 Å². The number of hydrogen-bond acceptors (Lipinski definition) is 6. The van der Waals surface area contributed by atoms with E-state index in [1.807, 2.05) is 0 Å². The maximum atomic E-state index is 12.4. The summed E-state index contributed by atoms with van der Waals surface area (Å²) in [7, 11) is 0. The van der Waals surface area contributed by atoms with Crippen molar-refractivity contribution in [2.75, 3.05) is 11.9 Å². The van der Waals surface area contributed by atoms with Gasteiger partial charge < -0.3 is 10.1 Å². The van der Waals surface area contributed by atoms with Crippen LogP contribution in [0.2, 0.25) is 0 Å². The molecule has 1 amide bonds. The summed E-state index contributed by atoms with van der Waals surface area (Å²) in [5, 5.41) is 26.6. The van der Waals surface area contributed by atoms with E-state index in [0.29, 0.717) is 5.69 Å². The zero-order chi connectivity index (χ0) is 22.6. The number of anilines is 1. The van der Waals surface area contributed by atoms with Gasteiger partial charge in [-0.2, -0.15) is 23.5 Å². The van der Waals surface area contributed by atoms with Gasteiger partial charge in [0.15, 0.2) is 12.3 Å². The number of nitriles is 1. The van der Waals surface area contributed by atoms with Gasteiger partial charge in [0.1, 0.15) is 11.8 Å². The molecule has 0 saturated carbocycles. The van der Waals surface area contributed by atoms with Crippen molar-refractivity contribution in [2.24, 2.45) is 0 Å². The fourth-order valence-corrected chi connectivity index (χ4v) is 2.51. The fourth-order valence-electron chi connectivity index (χ4n) is 2.51. The quantitative estimate of drug-likeness (QED) is 0.467. The van der Waals surface area contributed by atoms with Crippen LogP contribution in [0.4, 0.5) is 24.5 Å². The molecular weight excluding hydrogens is 419 g/mol. The van der Waals surface area contributed by atoms with E-state index in [2.05, 4.69) is 15.2 Å². The third-order valence-electron chi connectivity index (χ3n) is 3.88. The Balaban J connectivity index is 1.74. The number of carbonyl (C=O) groups excluding carboxylic acids is 1. The number of nitro benzene ring substituents is 1. The number of hydrogen-bond donors (Lipinski definition) is 1. The number of benzene rings is 2. The number of amides is 1. The van der Waals surface area contributed by atoms with Crippen LogP contribution in [0.3, 0.4) is 0 Å². The molecule has 0 radical (unpaired) electrons. The van der Waals surface area contributed by atoms with Crippen LogP contribution in [-0.4, -0.2) is 33.4 Å². The lowest BCUT2D eigenvalue weighted by Gasteiger charge is -2.11. The molecule has 0 atom stereocenters. The number of nitrogens with one attached hydrogen (secondary N) is 1. The molecule has 0 spiro atoms. The summed E-state index contributed by atoms with van der Waals surface area (Å²) in [6.45, 7) is -1.55. The normalized spacial score (nSPS) is 10.9. The van der Waals surface area contributed by atoms with Gasteiger partial charge in [-0.25, -0.2) is 4.68 Å². The van der Waals surface area contributed by atoms with Crippen LogP contribution >= 0.6 is 0 Å². The Hall–Kier alpha value is -4.40. The minimum atomic E-state index is -4.56. The smallest absolute Gasteiger partial charge is 0.422 e. The zero-order valence-electron chi connectivity index (χ0n) is 15.5. The van der Waals surface area contributed by atoms with Crippen LogP contribution in [0.25, 0.3) is 5.69 Å². The largest absolute Gasteiger partial charge is 0.483 e. The van der Waals surface area contributed by atoms with Crippen molar-refractivity contribution in [3.63, 3.8) is 0 Å². The topological polar surface area (TPSA) is 123 Å². The van der Waals surface area contributed by atoms with Crippen molar-refractivity contribution in [1.82, 2.24) is 9.78 Å². The van der Waals surface area contributed by atoms with Gasteiger partial charge in [0.05, 0.1) is 16.2 Å². The minimum absolute atomic E-state index is 0.0255. The van der Waals surface area contributed by atoms with E-state index < -0.39 is 23.6 Å². The Bertz CT molecular complexity index is 1180. The molecule has 3 rings (SSSR count). The lowest BCUT2D eigenvalue weighted by molar-refractivity contribution is -0.384. The van der Waals surface area contributed by atoms with Crippen LogP contribution in [0, 0.1) is 21.4 Å². The highest BCUT2D eigenvalue weighted by Gasteiger charge is 2.29. The van der Waals surface area contributed by atoms with Gasteiger partial charge in [-0.05, 0) is 30.3 Å². The third kappa shape index (κ3) is 5.36. The molecule has 9 nitrogen and oxygen atoms in total. The van der Waals surface area contributed by atoms with Crippen LogP contribution < -0.4 is 10.1 Å². The van der Waals surface area contributed by atoms with Gasteiger partial charge in [-0.15, -0.1) is 0 Å². The Morgan fingerprint density at radius 2 is 2.03 bits per heavy atom. The molecule has 0 saturated heterocycles. The first kappa shape index (κ1) is 21.3. The van der Waals surface area contributed by atoms with Crippen molar-refractivity contribution >= 4 is 17.3 Å². The first-order chi connectivity index (χ1) is 14.7. The molecule has 0 fully saturated rings. The second-order valence-corrected chi connectivity index (χ2v) is 6.10. The molecule has 0 unspecified atom stereocenters. The molecular formula is C19H12F3N5O4. The summed E-state index contributed by atoms with van der Waals surface area (Å²) in [5.41, 5.74) is 0.152. The van der Waals surface area contributed by atoms with Crippen molar-refractivity contribution in [1.29, 1.82) is 5.26 Å². The first-order valence-corrected chi connectivity index (χ1v) is 8.52. The Labute approximate surface area is 172 Å². The second kappa shape index (κ2) is 8.54. The number of rotatable bonds is 6. The number of non-ortho nitro benzene ring substituents is 1. The third-order valence-corrected chi connectivity index (χ3v) is 3.88. The fraction of sp³-hybridized carbons (Fsp3) is 0.105. The molecule has 0 aliphatic rings. The number of halogens is 3. The van der Waals surface area contributed by atoms with Gasteiger partial charge >= 0.3 is 6.18 Å². The van der Waals surface area contributed by atoms with Gasteiger partial charge in [-0.3, -0.25) is 14.9 Å². The van der Waals surface area contributed by atoms with Gasteiger partial charge in [-0.1, -0.05) is 6.07 Å². The predicted octanol–water partition coefficient (Wildman–Crippen LogP) is 3.85. The highest BCUT2D eigenvalue weighted by molar-refractivity contribution is 6.03. The molecule has 12 heteroatoms. The van der Waals surface area contributed by atoms with E-state index in [1.54, 1.807) is 12.1 Å². The van der Waals surface area contributed by atoms with E-state index in [0.717, 1.165) is 6.07 Å². The summed E-state index contributed by atoms with van der Waals surface area (Å²) < 4.78 is 42.8. The average Bonchev–Trinajstić information content (AvgIpc) is 3.22. The Morgan fingerprint density at radius 3 is 2.71 bits per heavy atom. The summed E-state index contributed by atoms with van der Waals surface area (Å²) in [6.07, 6.45) is -3.12. The maximum absolute atomic E-state index is 12.4. The summed E-state index contributed by atoms with van der Waals surface area (Å²) in [6, 6.07) is 12.3. The Morgan fingerprint density at radius 1 is 1.26 bits per heavy atom. The highest BCUT2D eigenvalue weighted by atomic mass is 19.4. The number of aromatic nitrogens is 2. The molecule has 0 aliphatic heterocycles. The van der Waals surface area contributed by atoms with E-state index >= 15 is 0 Å². The molecule has 158 valence electrons. The van der Waals surface area contributed by atoms with E-state index in [4.69, 9.17) is 5.26 Å². The summed E-state index contributed by atoms with van der Waals surface area (Å²) in [4.78, 5) is 22.7. The standard InChI is InChI=1S/C19H12F3N5O4/c20-19(21,22)11-31-17-5-4-13(8-12(17)10-23)24-18(28)16-6-7-26(25-16)14-2-1-3-15(9-14)27(29)30/h1-9H,11H2,(H,24,28). The number of nitrogens with zero attached hydrogens (tertiary/aromatic N) is 4. The monoisotopic (exact) mass is 431 g/mol. The molecule has 2 aromatic carbocycles. The predicted molar refractivity (Wildman–Crippen MR) is 101 cm³/mol. The Kier molecular flexibility index (Phi) is 5.87. The number of ether oxygens (including phenoxy) is 1. The molecule has 1 heterocycles. The van der Waals surface area contributed by atoms with Crippen molar-refractivity contribution < 1.29 is 27.6 Å². The van der Waals surface area contributed by atoms with E-state index in [9.17, 15) is 28.1 Å². The molecule has 1 N–H and O–H groups in total. The zero-order valence-corrected chi connectivity index (χ0v) is 15.5. The minimum Gasteiger partial charge on any atom is -0.483 e. The van der Waals surface area contributed by atoms with Gasteiger partial charge in [0.2, 0.25) is 0 Å². The molecule has 1 aromatic heterocycles. The number of carbonyl (C=O) groups is 1. The molecule has 31 heavy (non-hydrogen) atoms. The first-order valence-electron chi connectivity index (χ1n) is 8.52. The molecule has 3 aromatic rings. The van der Waals surface area contributed by atoms with Crippen LogP contribution in [-0.2, 0) is 0 Å². The van der Waals surface area contributed by atoms with Crippen molar-refractivity contribution in [3.05, 3.63) is 76.1 Å². The molecule has 0 aliphatic carbocycles. The maximum Gasteiger partial charge on any atom is 0.422 e. The summed E-state index contributed by atoms with van der Waals surface area (Å²) in [5.74, 6) is -0.926. The average molecular weight is 431 g/mol. The van der Waals surface area contributed by atoms with Gasteiger partial charge in [0.25, 0.3) is 11.6 Å². The van der Waals surface area contributed by atoms with Crippen LogP contribution in [0.15, 0.2) is 54.7 Å². The van der Waals surface area contributed by atoms with Crippen molar-refractivity contribution in [2.45, 2.75) is 6.18 Å².